The molecule has 1 atom stereocenters. The smallest absolute Gasteiger partial charge is 0.310 e. The van der Waals surface area contributed by atoms with Crippen LogP contribution in [0.5, 0.6) is 0 Å². The number of hydrogen-bond donors (Lipinski definition) is 1. The first-order chi connectivity index (χ1) is 10.0. The highest BCUT2D eigenvalue weighted by atomic mass is 19.4. The van der Waals surface area contributed by atoms with E-state index in [1.165, 1.54) is 6.07 Å². The number of likely N-dealkylation sites (N-methyl/N-ethyl adjacent to an activating group) is 1. The Morgan fingerprint density at radius 1 is 0.952 bits per heavy atom. The summed E-state index contributed by atoms with van der Waals surface area (Å²) >= 11 is 0. The summed E-state index contributed by atoms with van der Waals surface area (Å²) in [6.07, 6.45) is -3.80. The van der Waals surface area contributed by atoms with E-state index < -0.39 is 11.7 Å². The van der Waals surface area contributed by atoms with E-state index in [4.69, 9.17) is 0 Å². The molecule has 0 bridgehead atoms. The minimum atomic E-state index is -4.33. The molecule has 1 unspecified atom stereocenters. The predicted molar refractivity (Wildman–Crippen MR) is 78.0 cm³/mol. The molecule has 0 aromatic heterocycles. The molecule has 0 saturated heterocycles. The third-order valence-corrected chi connectivity index (χ3v) is 3.37. The van der Waals surface area contributed by atoms with Crippen molar-refractivity contribution in [3.63, 3.8) is 0 Å². The van der Waals surface area contributed by atoms with Crippen molar-refractivity contribution >= 4 is 0 Å². The first-order valence-electron chi connectivity index (χ1n) is 6.95. The Kier molecular flexibility index (Phi) is 5.02. The summed E-state index contributed by atoms with van der Waals surface area (Å²) in [6.45, 7) is 2.51. The zero-order chi connectivity index (χ0) is 15.3. The molecule has 1 nitrogen and oxygen atoms in total. The van der Waals surface area contributed by atoms with Gasteiger partial charge in [0.2, 0.25) is 0 Å². The first-order valence-corrected chi connectivity index (χ1v) is 6.95. The molecule has 4 heteroatoms. The molecule has 1 N–H and O–H groups in total. The summed E-state index contributed by atoms with van der Waals surface area (Å²) in [5, 5.41) is 3.16. The lowest BCUT2D eigenvalue weighted by Gasteiger charge is -2.22. The van der Waals surface area contributed by atoms with Gasteiger partial charge in [0.25, 0.3) is 0 Å². The monoisotopic (exact) mass is 293 g/mol. The molecule has 0 aliphatic rings. The van der Waals surface area contributed by atoms with Crippen LogP contribution in [-0.4, -0.2) is 6.54 Å². The molecular weight excluding hydrogens is 275 g/mol. The molecule has 112 valence electrons. The third kappa shape index (κ3) is 4.08. The maximum atomic E-state index is 13.2. The van der Waals surface area contributed by atoms with E-state index in [1.807, 2.05) is 37.3 Å². The van der Waals surface area contributed by atoms with E-state index >= 15 is 0 Å². The molecule has 0 saturated carbocycles. The van der Waals surface area contributed by atoms with E-state index in [2.05, 4.69) is 5.32 Å². The largest absolute Gasteiger partial charge is 0.416 e. The quantitative estimate of drug-likeness (QED) is 0.849. The fourth-order valence-electron chi connectivity index (χ4n) is 2.45. The topological polar surface area (TPSA) is 12.0 Å². The molecule has 0 heterocycles. The van der Waals surface area contributed by atoms with Crippen LogP contribution < -0.4 is 5.32 Å². The molecule has 2 rings (SSSR count). The summed E-state index contributed by atoms with van der Waals surface area (Å²) in [4.78, 5) is 0. The van der Waals surface area contributed by atoms with Gasteiger partial charge in [-0.25, -0.2) is 0 Å². The van der Waals surface area contributed by atoms with Gasteiger partial charge in [0.15, 0.2) is 0 Å². The Labute approximate surface area is 122 Å². The minimum absolute atomic E-state index is 0.302. The molecule has 2 aromatic rings. The van der Waals surface area contributed by atoms with Crippen molar-refractivity contribution in [1.29, 1.82) is 0 Å². The van der Waals surface area contributed by atoms with Gasteiger partial charge in [-0.15, -0.1) is 0 Å². The Hall–Kier alpha value is -1.81. The van der Waals surface area contributed by atoms with Crippen molar-refractivity contribution in [1.82, 2.24) is 5.32 Å². The lowest BCUT2D eigenvalue weighted by molar-refractivity contribution is -0.138. The van der Waals surface area contributed by atoms with Crippen LogP contribution in [0.3, 0.4) is 0 Å². The van der Waals surface area contributed by atoms with E-state index in [0.717, 1.165) is 11.6 Å². The molecule has 21 heavy (non-hydrogen) atoms. The standard InChI is InChI=1S/C17H18F3N/c1-2-21-16(12-13-8-4-3-5-9-13)14-10-6-7-11-15(14)17(18,19)20/h3-11,16,21H,2,12H2,1H3. The fraction of sp³-hybridized carbons (Fsp3) is 0.294. The summed E-state index contributed by atoms with van der Waals surface area (Å²) < 4.78 is 39.5. The second-order valence-corrected chi connectivity index (χ2v) is 4.88. The lowest BCUT2D eigenvalue weighted by atomic mass is 9.94. The van der Waals surface area contributed by atoms with E-state index in [0.29, 0.717) is 18.5 Å². The molecule has 2 aromatic carbocycles. The summed E-state index contributed by atoms with van der Waals surface area (Å²) in [7, 11) is 0. The van der Waals surface area contributed by atoms with Crippen molar-refractivity contribution in [2.75, 3.05) is 6.54 Å². The van der Waals surface area contributed by atoms with Gasteiger partial charge < -0.3 is 5.32 Å². The Balaban J connectivity index is 2.35. The molecule has 0 fully saturated rings. The van der Waals surface area contributed by atoms with Crippen LogP contribution in [0.15, 0.2) is 54.6 Å². The van der Waals surface area contributed by atoms with Crippen LogP contribution in [0.1, 0.15) is 29.7 Å². The van der Waals surface area contributed by atoms with Gasteiger partial charge in [-0.1, -0.05) is 55.5 Å². The second kappa shape index (κ2) is 6.76. The third-order valence-electron chi connectivity index (χ3n) is 3.37. The average Bonchev–Trinajstić information content (AvgIpc) is 2.47. The SMILES string of the molecule is CCNC(Cc1ccccc1)c1ccccc1C(F)(F)F. The summed E-state index contributed by atoms with van der Waals surface area (Å²) in [6, 6.07) is 15.0. The van der Waals surface area contributed by atoms with Crippen LogP contribution in [0, 0.1) is 0 Å². The van der Waals surface area contributed by atoms with Gasteiger partial charge in [0.05, 0.1) is 5.56 Å². The van der Waals surface area contributed by atoms with Crippen molar-refractivity contribution in [3.8, 4) is 0 Å². The number of alkyl halides is 3. The second-order valence-electron chi connectivity index (χ2n) is 4.88. The zero-order valence-electron chi connectivity index (χ0n) is 11.8. The van der Waals surface area contributed by atoms with Crippen LogP contribution in [0.25, 0.3) is 0 Å². The van der Waals surface area contributed by atoms with Crippen molar-refractivity contribution in [2.45, 2.75) is 25.6 Å². The van der Waals surface area contributed by atoms with E-state index in [-0.39, 0.29) is 6.04 Å². The van der Waals surface area contributed by atoms with Crippen LogP contribution in [0.4, 0.5) is 13.2 Å². The van der Waals surface area contributed by atoms with Crippen LogP contribution in [-0.2, 0) is 12.6 Å². The first kappa shape index (κ1) is 15.6. The molecule has 0 spiro atoms. The number of hydrogen-bond acceptors (Lipinski definition) is 1. The predicted octanol–water partition coefficient (Wildman–Crippen LogP) is 4.60. The Bertz CT molecular complexity index is 564. The Morgan fingerprint density at radius 3 is 2.19 bits per heavy atom. The number of benzene rings is 2. The number of halogens is 3. The molecule has 0 aliphatic carbocycles. The zero-order valence-corrected chi connectivity index (χ0v) is 11.8. The number of nitrogens with one attached hydrogen (secondary N) is 1. The fourth-order valence-corrected chi connectivity index (χ4v) is 2.45. The molecular formula is C17H18F3N. The Morgan fingerprint density at radius 2 is 1.57 bits per heavy atom. The van der Waals surface area contributed by atoms with Crippen molar-refractivity contribution in [3.05, 3.63) is 71.3 Å². The van der Waals surface area contributed by atoms with Gasteiger partial charge in [-0.05, 0) is 30.2 Å². The lowest BCUT2D eigenvalue weighted by Crippen LogP contribution is -2.25. The van der Waals surface area contributed by atoms with Gasteiger partial charge in [0.1, 0.15) is 0 Å². The maximum absolute atomic E-state index is 13.2. The maximum Gasteiger partial charge on any atom is 0.416 e. The van der Waals surface area contributed by atoms with Gasteiger partial charge in [-0.3, -0.25) is 0 Å². The average molecular weight is 293 g/mol. The van der Waals surface area contributed by atoms with Gasteiger partial charge >= 0.3 is 6.18 Å². The van der Waals surface area contributed by atoms with Crippen LogP contribution in [0.2, 0.25) is 0 Å². The summed E-state index contributed by atoms with van der Waals surface area (Å²) in [5.41, 5.74) is 0.753. The highest BCUT2D eigenvalue weighted by molar-refractivity contribution is 5.34. The minimum Gasteiger partial charge on any atom is -0.310 e. The number of rotatable bonds is 5. The van der Waals surface area contributed by atoms with Crippen molar-refractivity contribution in [2.24, 2.45) is 0 Å². The summed E-state index contributed by atoms with van der Waals surface area (Å²) in [5.74, 6) is 0. The molecule has 0 radical (unpaired) electrons. The normalized spacial score (nSPS) is 13.1. The van der Waals surface area contributed by atoms with E-state index in [9.17, 15) is 13.2 Å². The van der Waals surface area contributed by atoms with Gasteiger partial charge in [0, 0.05) is 6.04 Å². The van der Waals surface area contributed by atoms with E-state index in [1.54, 1.807) is 12.1 Å². The highest BCUT2D eigenvalue weighted by Crippen LogP contribution is 2.35. The van der Waals surface area contributed by atoms with Crippen LogP contribution >= 0.6 is 0 Å². The van der Waals surface area contributed by atoms with Crippen molar-refractivity contribution < 1.29 is 13.2 Å². The van der Waals surface area contributed by atoms with Gasteiger partial charge in [-0.2, -0.15) is 13.2 Å². The molecule has 0 aliphatic heterocycles. The molecule has 0 amide bonds. The highest BCUT2D eigenvalue weighted by Gasteiger charge is 2.34.